The molecule has 1 aromatic heterocycles. The van der Waals surface area contributed by atoms with Gasteiger partial charge in [0.15, 0.2) is 5.96 Å². The number of ether oxygens (including phenoxy) is 1. The standard InChI is InChI=1S/C19H26N4O2S.HI/c1-3-20-19(23-14-15-8-4-5-9-16(15)25-2)22-12-7-11-21-18(24)17-10-6-13-26-17;/h4-6,8-10,13H,3,7,11-12,14H2,1-2H3,(H,21,24)(H2,20,22,23);1H. The van der Waals surface area contributed by atoms with E-state index in [1.165, 1.54) is 11.3 Å². The van der Waals surface area contributed by atoms with Crippen LogP contribution >= 0.6 is 35.3 Å². The molecular formula is C19H27IN4O2S. The van der Waals surface area contributed by atoms with Crippen LogP contribution in [0.1, 0.15) is 28.6 Å². The molecule has 0 spiro atoms. The van der Waals surface area contributed by atoms with E-state index in [4.69, 9.17) is 4.74 Å². The number of hydrogen-bond donors (Lipinski definition) is 3. The van der Waals surface area contributed by atoms with Crippen LogP contribution in [0.5, 0.6) is 5.75 Å². The highest BCUT2D eigenvalue weighted by atomic mass is 127. The van der Waals surface area contributed by atoms with E-state index >= 15 is 0 Å². The van der Waals surface area contributed by atoms with Crippen LogP contribution in [0.4, 0.5) is 0 Å². The summed E-state index contributed by atoms with van der Waals surface area (Å²) in [6.45, 7) is 4.70. The van der Waals surface area contributed by atoms with Crippen LogP contribution in [-0.4, -0.2) is 38.6 Å². The van der Waals surface area contributed by atoms with Gasteiger partial charge in [0.05, 0.1) is 18.5 Å². The molecular weight excluding hydrogens is 475 g/mol. The van der Waals surface area contributed by atoms with Gasteiger partial charge in [0.2, 0.25) is 0 Å². The molecule has 2 rings (SSSR count). The molecule has 0 saturated carbocycles. The number of aliphatic imine (C=N–C) groups is 1. The van der Waals surface area contributed by atoms with Gasteiger partial charge in [0.1, 0.15) is 5.75 Å². The Morgan fingerprint density at radius 2 is 1.89 bits per heavy atom. The van der Waals surface area contributed by atoms with Crippen molar-refractivity contribution in [1.29, 1.82) is 0 Å². The van der Waals surface area contributed by atoms with Crippen LogP contribution in [0.15, 0.2) is 46.8 Å². The Hall–Kier alpha value is -1.81. The number of benzene rings is 1. The number of halogens is 1. The number of hydrogen-bond acceptors (Lipinski definition) is 4. The zero-order valence-corrected chi connectivity index (χ0v) is 18.8. The molecule has 1 amide bonds. The van der Waals surface area contributed by atoms with Crippen molar-refractivity contribution < 1.29 is 9.53 Å². The van der Waals surface area contributed by atoms with Crippen LogP contribution in [0.25, 0.3) is 0 Å². The van der Waals surface area contributed by atoms with Gasteiger partial charge in [-0.1, -0.05) is 24.3 Å². The molecule has 0 aliphatic carbocycles. The predicted octanol–water partition coefficient (Wildman–Crippen LogP) is 3.25. The molecule has 0 radical (unpaired) electrons. The van der Waals surface area contributed by atoms with Gasteiger partial charge in [-0.05, 0) is 30.9 Å². The highest BCUT2D eigenvalue weighted by Crippen LogP contribution is 2.17. The topological polar surface area (TPSA) is 74.8 Å². The molecule has 0 aliphatic rings. The number of guanidine groups is 1. The maximum absolute atomic E-state index is 11.9. The normalized spacial score (nSPS) is 10.7. The number of carbonyl (C=O) groups excluding carboxylic acids is 1. The Bertz CT molecular complexity index is 707. The van der Waals surface area contributed by atoms with Gasteiger partial charge in [-0.15, -0.1) is 35.3 Å². The van der Waals surface area contributed by atoms with E-state index in [1.54, 1.807) is 7.11 Å². The van der Waals surface area contributed by atoms with Crippen LogP contribution < -0.4 is 20.7 Å². The van der Waals surface area contributed by atoms with Gasteiger partial charge >= 0.3 is 0 Å². The molecule has 1 aromatic carbocycles. The average molecular weight is 502 g/mol. The van der Waals surface area contributed by atoms with Crippen LogP contribution in [0.2, 0.25) is 0 Å². The van der Waals surface area contributed by atoms with Gasteiger partial charge in [0.25, 0.3) is 5.91 Å². The third-order valence-corrected chi connectivity index (χ3v) is 4.49. The zero-order chi connectivity index (χ0) is 18.6. The van der Waals surface area contributed by atoms with Crippen molar-refractivity contribution in [3.05, 3.63) is 52.2 Å². The number of carbonyl (C=O) groups is 1. The van der Waals surface area contributed by atoms with Gasteiger partial charge in [-0.3, -0.25) is 4.79 Å². The van der Waals surface area contributed by atoms with E-state index in [9.17, 15) is 4.79 Å². The van der Waals surface area contributed by atoms with Crippen molar-refractivity contribution in [3.8, 4) is 5.75 Å². The maximum atomic E-state index is 11.9. The lowest BCUT2D eigenvalue weighted by atomic mass is 10.2. The molecule has 0 bridgehead atoms. The summed E-state index contributed by atoms with van der Waals surface area (Å²) in [5.41, 5.74) is 1.04. The zero-order valence-electron chi connectivity index (χ0n) is 15.7. The summed E-state index contributed by atoms with van der Waals surface area (Å²) in [4.78, 5) is 17.2. The Morgan fingerprint density at radius 1 is 1.11 bits per heavy atom. The Balaban J connectivity index is 0.00000364. The van der Waals surface area contributed by atoms with Gasteiger partial charge in [0, 0.05) is 25.2 Å². The first-order valence-corrected chi connectivity index (χ1v) is 9.58. The lowest BCUT2D eigenvalue weighted by molar-refractivity contribution is 0.0957. The largest absolute Gasteiger partial charge is 0.496 e. The fourth-order valence-electron chi connectivity index (χ4n) is 2.33. The quantitative estimate of drug-likeness (QED) is 0.213. The molecule has 2 aromatic rings. The fraction of sp³-hybridized carbons (Fsp3) is 0.368. The van der Waals surface area contributed by atoms with Crippen molar-refractivity contribution >= 4 is 47.2 Å². The number of amides is 1. The minimum atomic E-state index is -0.0169. The molecule has 3 N–H and O–H groups in total. The van der Waals surface area contributed by atoms with Crippen molar-refractivity contribution in [2.24, 2.45) is 4.99 Å². The highest BCUT2D eigenvalue weighted by Gasteiger charge is 2.05. The molecule has 8 heteroatoms. The summed E-state index contributed by atoms with van der Waals surface area (Å²) in [5.74, 6) is 1.57. The maximum Gasteiger partial charge on any atom is 0.261 e. The molecule has 148 valence electrons. The SMILES string of the molecule is CCNC(=NCc1ccccc1OC)NCCCNC(=O)c1cccs1.I. The fourth-order valence-corrected chi connectivity index (χ4v) is 2.97. The van der Waals surface area contributed by atoms with E-state index in [0.29, 0.717) is 13.1 Å². The van der Waals surface area contributed by atoms with E-state index in [1.807, 2.05) is 48.7 Å². The summed E-state index contributed by atoms with van der Waals surface area (Å²) >= 11 is 1.45. The first-order chi connectivity index (χ1) is 12.7. The van der Waals surface area contributed by atoms with Crippen LogP contribution in [0.3, 0.4) is 0 Å². The van der Waals surface area contributed by atoms with E-state index in [-0.39, 0.29) is 29.9 Å². The minimum Gasteiger partial charge on any atom is -0.496 e. The van der Waals surface area contributed by atoms with Crippen molar-refractivity contribution in [2.45, 2.75) is 19.9 Å². The van der Waals surface area contributed by atoms with Gasteiger partial charge < -0.3 is 20.7 Å². The minimum absolute atomic E-state index is 0. The molecule has 6 nitrogen and oxygen atoms in total. The smallest absolute Gasteiger partial charge is 0.261 e. The Morgan fingerprint density at radius 3 is 2.59 bits per heavy atom. The lowest BCUT2D eigenvalue weighted by Crippen LogP contribution is -2.38. The summed E-state index contributed by atoms with van der Waals surface area (Å²) in [5, 5.41) is 11.3. The summed E-state index contributed by atoms with van der Waals surface area (Å²) in [6, 6.07) is 11.6. The molecule has 0 aliphatic heterocycles. The molecule has 0 fully saturated rings. The highest BCUT2D eigenvalue weighted by molar-refractivity contribution is 14.0. The Labute approximate surface area is 181 Å². The van der Waals surface area contributed by atoms with Crippen molar-refractivity contribution in [1.82, 2.24) is 16.0 Å². The second kappa shape index (κ2) is 13.4. The van der Waals surface area contributed by atoms with Crippen LogP contribution in [0, 0.1) is 0 Å². The van der Waals surface area contributed by atoms with E-state index in [2.05, 4.69) is 20.9 Å². The number of thiophene rings is 1. The van der Waals surface area contributed by atoms with Crippen molar-refractivity contribution in [2.75, 3.05) is 26.7 Å². The lowest BCUT2D eigenvalue weighted by Gasteiger charge is -2.12. The molecule has 0 saturated heterocycles. The van der Waals surface area contributed by atoms with Crippen LogP contribution in [-0.2, 0) is 6.54 Å². The first-order valence-electron chi connectivity index (χ1n) is 8.70. The van der Waals surface area contributed by atoms with E-state index < -0.39 is 0 Å². The Kier molecular flexibility index (Phi) is 11.5. The molecule has 1 heterocycles. The summed E-state index contributed by atoms with van der Waals surface area (Å²) in [6.07, 6.45) is 0.816. The predicted molar refractivity (Wildman–Crippen MR) is 122 cm³/mol. The number of methoxy groups -OCH3 is 1. The number of nitrogens with zero attached hydrogens (tertiary/aromatic N) is 1. The van der Waals surface area contributed by atoms with Gasteiger partial charge in [-0.25, -0.2) is 4.99 Å². The second-order valence-electron chi connectivity index (χ2n) is 5.52. The third-order valence-electron chi connectivity index (χ3n) is 3.62. The molecule has 0 atom stereocenters. The summed E-state index contributed by atoms with van der Waals surface area (Å²) in [7, 11) is 1.66. The van der Waals surface area contributed by atoms with E-state index in [0.717, 1.165) is 41.7 Å². The van der Waals surface area contributed by atoms with Crippen molar-refractivity contribution in [3.63, 3.8) is 0 Å². The van der Waals surface area contributed by atoms with Gasteiger partial charge in [-0.2, -0.15) is 0 Å². The third kappa shape index (κ3) is 8.17. The molecule has 27 heavy (non-hydrogen) atoms. The number of para-hydroxylation sites is 1. The number of rotatable bonds is 9. The summed E-state index contributed by atoms with van der Waals surface area (Å²) < 4.78 is 5.35. The molecule has 0 unspecified atom stereocenters. The second-order valence-corrected chi connectivity index (χ2v) is 6.47. The first kappa shape index (κ1) is 23.2. The average Bonchev–Trinajstić information content (AvgIpc) is 3.20. The number of nitrogens with one attached hydrogen (secondary N) is 3. The monoisotopic (exact) mass is 502 g/mol.